The van der Waals surface area contributed by atoms with Gasteiger partial charge in [0.25, 0.3) is 5.91 Å². The summed E-state index contributed by atoms with van der Waals surface area (Å²) in [6.45, 7) is 7.53. The van der Waals surface area contributed by atoms with Crippen LogP contribution in [0, 0.1) is 0 Å². The Morgan fingerprint density at radius 1 is 1.06 bits per heavy atom. The van der Waals surface area contributed by atoms with Crippen LogP contribution >= 0.6 is 23.7 Å². The number of fused-ring (bicyclic) bond motifs is 1. The molecule has 0 bridgehead atoms. The summed E-state index contributed by atoms with van der Waals surface area (Å²) in [5, 5.41) is 3.47. The molecular formula is C26H33ClN4O3S2. The second-order valence-electron chi connectivity index (χ2n) is 8.72. The van der Waals surface area contributed by atoms with E-state index in [1.807, 2.05) is 19.9 Å². The zero-order valence-electron chi connectivity index (χ0n) is 20.6. The third-order valence-electron chi connectivity index (χ3n) is 5.98. The number of thiazole rings is 1. The van der Waals surface area contributed by atoms with Gasteiger partial charge >= 0.3 is 0 Å². The Morgan fingerprint density at radius 2 is 1.72 bits per heavy atom. The fraction of sp³-hybridized carbons (Fsp3) is 0.385. The quantitative estimate of drug-likeness (QED) is 0.377. The zero-order valence-corrected chi connectivity index (χ0v) is 23.1. The third kappa shape index (κ3) is 6.72. The molecule has 194 valence electrons. The summed E-state index contributed by atoms with van der Waals surface area (Å²) in [5.41, 5.74) is 2.73. The fourth-order valence-corrected chi connectivity index (χ4v) is 6.90. The first-order valence-electron chi connectivity index (χ1n) is 12.1. The Balaban J connectivity index is 0.00000361. The van der Waals surface area contributed by atoms with Crippen molar-refractivity contribution in [2.75, 3.05) is 25.0 Å². The van der Waals surface area contributed by atoms with Crippen molar-refractivity contribution in [2.45, 2.75) is 51.1 Å². The first kappa shape index (κ1) is 28.3. The molecule has 1 aliphatic heterocycles. The van der Waals surface area contributed by atoms with Crippen LogP contribution in [0.4, 0.5) is 5.13 Å². The van der Waals surface area contributed by atoms with Crippen LogP contribution < -0.4 is 5.32 Å². The molecule has 0 saturated heterocycles. The molecule has 3 aromatic rings. The van der Waals surface area contributed by atoms with Gasteiger partial charge in [0.15, 0.2) is 5.13 Å². The Labute approximate surface area is 224 Å². The van der Waals surface area contributed by atoms with E-state index in [0.717, 1.165) is 44.6 Å². The van der Waals surface area contributed by atoms with Crippen LogP contribution in [0.1, 0.15) is 53.2 Å². The van der Waals surface area contributed by atoms with Gasteiger partial charge in [-0.2, -0.15) is 4.31 Å². The molecule has 1 amide bonds. The molecule has 2 aromatic carbocycles. The highest BCUT2D eigenvalue weighted by Gasteiger charge is 2.24. The summed E-state index contributed by atoms with van der Waals surface area (Å²) in [4.78, 5) is 21.2. The second kappa shape index (κ2) is 12.8. The number of nitrogens with zero attached hydrogens (tertiary/aromatic N) is 3. The molecule has 7 nitrogen and oxygen atoms in total. The number of sulfonamides is 1. The smallest absolute Gasteiger partial charge is 0.257 e. The largest absolute Gasteiger partial charge is 0.298 e. The number of amides is 1. The summed E-state index contributed by atoms with van der Waals surface area (Å²) in [7, 11) is -3.57. The van der Waals surface area contributed by atoms with Crippen LogP contribution in [-0.2, 0) is 29.5 Å². The number of hydrogen-bond acceptors (Lipinski definition) is 6. The van der Waals surface area contributed by atoms with Crippen LogP contribution in [-0.4, -0.2) is 48.1 Å². The van der Waals surface area contributed by atoms with Gasteiger partial charge < -0.3 is 0 Å². The maximum atomic E-state index is 13.0. The van der Waals surface area contributed by atoms with E-state index in [9.17, 15) is 13.2 Å². The van der Waals surface area contributed by atoms with Crippen LogP contribution in [0.2, 0.25) is 0 Å². The third-order valence-corrected chi connectivity index (χ3v) is 8.89. The van der Waals surface area contributed by atoms with E-state index in [0.29, 0.717) is 23.8 Å². The maximum absolute atomic E-state index is 13.0. The average Bonchev–Trinajstić information content (AvgIpc) is 3.26. The Kier molecular flexibility index (Phi) is 10.0. The lowest BCUT2D eigenvalue weighted by molar-refractivity contribution is 0.102. The summed E-state index contributed by atoms with van der Waals surface area (Å²) < 4.78 is 27.4. The van der Waals surface area contributed by atoms with Crippen LogP contribution in [0.5, 0.6) is 0 Å². The SMILES string of the molecule is CCCN(CCC)S(=O)(=O)c1ccc(C(=O)Nc2nc3c(s2)CN(Cc2ccccc2)CC3)cc1.Cl. The number of carbonyl (C=O) groups is 1. The minimum atomic E-state index is -3.57. The number of anilines is 1. The number of nitrogens with one attached hydrogen (secondary N) is 1. The molecule has 36 heavy (non-hydrogen) atoms. The molecule has 0 atom stereocenters. The van der Waals surface area contributed by atoms with Gasteiger partial charge in [0.05, 0.1) is 10.6 Å². The van der Waals surface area contributed by atoms with Crippen molar-refractivity contribution in [3.8, 4) is 0 Å². The van der Waals surface area contributed by atoms with E-state index in [1.54, 1.807) is 12.1 Å². The van der Waals surface area contributed by atoms with Crippen molar-refractivity contribution >= 4 is 44.8 Å². The number of halogens is 1. The number of carbonyl (C=O) groups excluding carboxylic acids is 1. The van der Waals surface area contributed by atoms with Crippen molar-refractivity contribution < 1.29 is 13.2 Å². The first-order valence-corrected chi connectivity index (χ1v) is 14.3. The summed E-state index contributed by atoms with van der Waals surface area (Å²) in [6, 6.07) is 16.5. The lowest BCUT2D eigenvalue weighted by atomic mass is 10.1. The normalized spacial score (nSPS) is 13.8. The van der Waals surface area contributed by atoms with Crippen LogP contribution in [0.25, 0.3) is 0 Å². The molecule has 4 rings (SSSR count). The number of aromatic nitrogens is 1. The predicted molar refractivity (Wildman–Crippen MR) is 147 cm³/mol. The monoisotopic (exact) mass is 548 g/mol. The van der Waals surface area contributed by atoms with Gasteiger partial charge in [-0.15, -0.1) is 23.7 Å². The van der Waals surface area contributed by atoms with Crippen molar-refractivity contribution in [1.82, 2.24) is 14.2 Å². The van der Waals surface area contributed by atoms with Gasteiger partial charge in [-0.25, -0.2) is 13.4 Å². The molecule has 10 heteroatoms. The van der Waals surface area contributed by atoms with E-state index in [2.05, 4.69) is 39.5 Å². The Bertz CT molecular complexity index is 1240. The standard InChI is InChI=1S/C26H32N4O3S2.ClH/c1-3-15-30(16-4-2)35(32,33)22-12-10-21(11-13-22)25(31)28-26-27-23-14-17-29(19-24(23)34-26)18-20-8-6-5-7-9-20;/h5-13H,3-4,14-19H2,1-2H3,(H,27,28,31);1H. The number of benzene rings is 2. The molecule has 0 aliphatic carbocycles. The second-order valence-corrected chi connectivity index (χ2v) is 11.7. The van der Waals surface area contributed by atoms with Gasteiger partial charge in [0, 0.05) is 49.6 Å². The lowest BCUT2D eigenvalue weighted by Crippen LogP contribution is -2.32. The van der Waals surface area contributed by atoms with Crippen molar-refractivity contribution in [3.05, 3.63) is 76.3 Å². The summed E-state index contributed by atoms with van der Waals surface area (Å²) in [5.74, 6) is -0.292. The maximum Gasteiger partial charge on any atom is 0.257 e. The molecule has 1 N–H and O–H groups in total. The lowest BCUT2D eigenvalue weighted by Gasteiger charge is -2.25. The topological polar surface area (TPSA) is 82.6 Å². The van der Waals surface area contributed by atoms with E-state index >= 15 is 0 Å². The van der Waals surface area contributed by atoms with Crippen molar-refractivity contribution in [3.63, 3.8) is 0 Å². The molecule has 2 heterocycles. The van der Waals surface area contributed by atoms with Gasteiger partial charge in [0.1, 0.15) is 0 Å². The van der Waals surface area contributed by atoms with E-state index < -0.39 is 10.0 Å². The highest BCUT2D eigenvalue weighted by molar-refractivity contribution is 7.89. The molecule has 0 saturated carbocycles. The van der Waals surface area contributed by atoms with E-state index in [1.165, 1.54) is 38.2 Å². The predicted octanol–water partition coefficient (Wildman–Crippen LogP) is 5.19. The van der Waals surface area contributed by atoms with Crippen molar-refractivity contribution in [2.24, 2.45) is 0 Å². The molecule has 0 spiro atoms. The Morgan fingerprint density at radius 3 is 2.36 bits per heavy atom. The first-order chi connectivity index (χ1) is 16.9. The van der Waals surface area contributed by atoms with Crippen molar-refractivity contribution in [1.29, 1.82) is 0 Å². The fourth-order valence-electron chi connectivity index (χ4n) is 4.23. The molecule has 1 aliphatic rings. The van der Waals surface area contributed by atoms with Crippen LogP contribution in [0.3, 0.4) is 0 Å². The molecule has 0 radical (unpaired) electrons. The Hall–Kier alpha value is -2.30. The molecule has 0 fully saturated rings. The van der Waals surface area contributed by atoms with Gasteiger partial charge in [-0.1, -0.05) is 44.2 Å². The van der Waals surface area contributed by atoms with Gasteiger partial charge in [-0.05, 0) is 42.7 Å². The number of hydrogen-bond donors (Lipinski definition) is 1. The van der Waals surface area contributed by atoms with Gasteiger partial charge in [-0.3, -0.25) is 15.0 Å². The summed E-state index contributed by atoms with van der Waals surface area (Å²) in [6.07, 6.45) is 2.36. The summed E-state index contributed by atoms with van der Waals surface area (Å²) >= 11 is 1.51. The van der Waals surface area contributed by atoms with E-state index in [-0.39, 0.29) is 23.2 Å². The van der Waals surface area contributed by atoms with Crippen LogP contribution in [0.15, 0.2) is 59.5 Å². The molecule has 1 aromatic heterocycles. The van der Waals surface area contributed by atoms with Gasteiger partial charge in [0.2, 0.25) is 10.0 Å². The van der Waals surface area contributed by atoms with E-state index in [4.69, 9.17) is 0 Å². The minimum absolute atomic E-state index is 0. The highest BCUT2D eigenvalue weighted by Crippen LogP contribution is 2.29. The zero-order chi connectivity index (χ0) is 24.8. The molecule has 0 unspecified atom stereocenters. The average molecular weight is 549 g/mol. The minimum Gasteiger partial charge on any atom is -0.298 e. The highest BCUT2D eigenvalue weighted by atomic mass is 35.5. The molecular weight excluding hydrogens is 516 g/mol. The number of rotatable bonds is 10.